The molecule has 18 heavy (non-hydrogen) atoms. The minimum absolute atomic E-state index is 0.223. The third-order valence-corrected chi connectivity index (χ3v) is 3.70. The molecule has 0 fully saturated rings. The van der Waals surface area contributed by atoms with Gasteiger partial charge in [0.1, 0.15) is 0 Å². The van der Waals surface area contributed by atoms with Crippen molar-refractivity contribution in [1.29, 1.82) is 0 Å². The zero-order valence-corrected chi connectivity index (χ0v) is 10.7. The number of rotatable bonds is 3. The molecule has 0 aliphatic carbocycles. The third kappa shape index (κ3) is 1.56. The summed E-state index contributed by atoms with van der Waals surface area (Å²) in [4.78, 5) is 0. The number of aryl methyl sites for hydroxylation is 2. The van der Waals surface area contributed by atoms with E-state index in [1.54, 1.807) is 0 Å². The highest BCUT2D eigenvalue weighted by atomic mass is 16.7. The Morgan fingerprint density at radius 3 is 2.72 bits per heavy atom. The van der Waals surface area contributed by atoms with Crippen molar-refractivity contribution in [2.75, 3.05) is 13.4 Å². The zero-order chi connectivity index (χ0) is 12.7. The van der Waals surface area contributed by atoms with E-state index >= 15 is 0 Å². The molecule has 1 N–H and O–H groups in total. The molecule has 2 heterocycles. The van der Waals surface area contributed by atoms with Crippen LogP contribution in [-0.2, 0) is 13.5 Å². The van der Waals surface area contributed by atoms with Crippen LogP contribution in [-0.4, -0.2) is 23.1 Å². The first-order valence-electron chi connectivity index (χ1n) is 6.20. The molecule has 4 nitrogen and oxygen atoms in total. The summed E-state index contributed by atoms with van der Waals surface area (Å²) in [7, 11) is 2.06. The maximum atomic E-state index is 9.00. The molecular weight excluding hydrogens is 230 g/mol. The minimum atomic E-state index is 0.223. The Morgan fingerprint density at radius 1 is 1.28 bits per heavy atom. The lowest BCUT2D eigenvalue weighted by molar-refractivity contribution is 0.174. The number of aliphatic hydroxyl groups excluding tert-OH is 1. The van der Waals surface area contributed by atoms with Crippen molar-refractivity contribution in [3.8, 4) is 11.5 Å². The fraction of sp³-hybridized carbons (Fsp3) is 0.429. The maximum absolute atomic E-state index is 9.00. The number of hydrogen-bond donors (Lipinski definition) is 1. The van der Waals surface area contributed by atoms with E-state index in [9.17, 15) is 0 Å². The van der Waals surface area contributed by atoms with E-state index in [1.807, 2.05) is 6.07 Å². The van der Waals surface area contributed by atoms with Gasteiger partial charge in [-0.25, -0.2) is 0 Å². The summed E-state index contributed by atoms with van der Waals surface area (Å²) >= 11 is 0. The molecule has 2 aromatic rings. The minimum Gasteiger partial charge on any atom is -0.454 e. The Morgan fingerprint density at radius 2 is 2.00 bits per heavy atom. The summed E-state index contributed by atoms with van der Waals surface area (Å²) in [6.45, 7) is 2.64. The van der Waals surface area contributed by atoms with Gasteiger partial charge >= 0.3 is 0 Å². The number of aromatic nitrogens is 1. The lowest BCUT2D eigenvalue weighted by atomic mass is 10.1. The second-order valence-corrected chi connectivity index (χ2v) is 4.67. The molecule has 1 aliphatic rings. The van der Waals surface area contributed by atoms with Gasteiger partial charge < -0.3 is 19.1 Å². The largest absolute Gasteiger partial charge is 0.454 e. The van der Waals surface area contributed by atoms with Crippen LogP contribution in [0.5, 0.6) is 11.5 Å². The van der Waals surface area contributed by atoms with Crippen LogP contribution in [0.2, 0.25) is 0 Å². The van der Waals surface area contributed by atoms with Crippen LogP contribution in [0.4, 0.5) is 0 Å². The summed E-state index contributed by atoms with van der Waals surface area (Å²) in [5, 5.41) is 10.2. The van der Waals surface area contributed by atoms with E-state index in [2.05, 4.69) is 24.6 Å². The lowest BCUT2D eigenvalue weighted by Gasteiger charge is -2.00. The normalized spacial score (nSPS) is 13.5. The fourth-order valence-corrected chi connectivity index (χ4v) is 2.60. The predicted molar refractivity (Wildman–Crippen MR) is 69.2 cm³/mol. The van der Waals surface area contributed by atoms with Crippen LogP contribution < -0.4 is 9.47 Å². The van der Waals surface area contributed by atoms with Gasteiger partial charge in [0, 0.05) is 30.8 Å². The van der Waals surface area contributed by atoms with E-state index < -0.39 is 0 Å². The molecule has 0 amide bonds. The van der Waals surface area contributed by atoms with Crippen LogP contribution in [0.15, 0.2) is 12.1 Å². The van der Waals surface area contributed by atoms with Crippen LogP contribution >= 0.6 is 0 Å². The average molecular weight is 247 g/mol. The van der Waals surface area contributed by atoms with Gasteiger partial charge in [-0.2, -0.15) is 0 Å². The Hall–Kier alpha value is -1.68. The van der Waals surface area contributed by atoms with Crippen LogP contribution in [0, 0.1) is 6.92 Å². The molecule has 0 radical (unpaired) electrons. The molecule has 0 unspecified atom stereocenters. The van der Waals surface area contributed by atoms with Gasteiger partial charge in [0.05, 0.1) is 5.52 Å². The zero-order valence-electron chi connectivity index (χ0n) is 10.7. The highest BCUT2D eigenvalue weighted by molar-refractivity contribution is 5.89. The van der Waals surface area contributed by atoms with Crippen molar-refractivity contribution in [2.24, 2.45) is 7.05 Å². The van der Waals surface area contributed by atoms with Crippen molar-refractivity contribution >= 4 is 10.9 Å². The molecule has 0 saturated heterocycles. The van der Waals surface area contributed by atoms with Gasteiger partial charge in [0.15, 0.2) is 11.5 Å². The molecule has 1 aromatic carbocycles. The van der Waals surface area contributed by atoms with Crippen molar-refractivity contribution in [1.82, 2.24) is 4.57 Å². The summed E-state index contributed by atoms with van der Waals surface area (Å²) < 4.78 is 13.0. The molecular formula is C14H17NO3. The lowest BCUT2D eigenvalue weighted by Crippen LogP contribution is -1.95. The summed E-state index contributed by atoms with van der Waals surface area (Å²) in [5.74, 6) is 1.63. The SMILES string of the molecule is Cc1c(CCCO)c2cc3c(cc2n1C)OCO3. The van der Waals surface area contributed by atoms with Gasteiger partial charge in [-0.1, -0.05) is 0 Å². The van der Waals surface area contributed by atoms with Gasteiger partial charge in [-0.15, -0.1) is 0 Å². The summed E-state index contributed by atoms with van der Waals surface area (Å²) in [6, 6.07) is 4.09. The number of nitrogens with zero attached hydrogens (tertiary/aromatic N) is 1. The highest BCUT2D eigenvalue weighted by Gasteiger charge is 2.19. The van der Waals surface area contributed by atoms with Crippen LogP contribution in [0.3, 0.4) is 0 Å². The summed E-state index contributed by atoms with van der Waals surface area (Å²) in [6.07, 6.45) is 1.67. The Labute approximate surface area is 106 Å². The monoisotopic (exact) mass is 247 g/mol. The van der Waals surface area contributed by atoms with Crippen LogP contribution in [0.1, 0.15) is 17.7 Å². The third-order valence-electron chi connectivity index (χ3n) is 3.70. The Balaban J connectivity index is 2.19. The number of aliphatic hydroxyl groups is 1. The van der Waals surface area contributed by atoms with Gasteiger partial charge in [-0.3, -0.25) is 0 Å². The smallest absolute Gasteiger partial charge is 0.231 e. The number of hydrogen-bond acceptors (Lipinski definition) is 3. The highest BCUT2D eigenvalue weighted by Crippen LogP contribution is 2.39. The second-order valence-electron chi connectivity index (χ2n) is 4.67. The van der Waals surface area contributed by atoms with Crippen molar-refractivity contribution < 1.29 is 14.6 Å². The topological polar surface area (TPSA) is 43.6 Å². The molecule has 4 heteroatoms. The van der Waals surface area contributed by atoms with E-state index in [0.29, 0.717) is 6.79 Å². The molecule has 1 aliphatic heterocycles. The van der Waals surface area contributed by atoms with E-state index in [1.165, 1.54) is 16.6 Å². The van der Waals surface area contributed by atoms with Gasteiger partial charge in [0.2, 0.25) is 6.79 Å². The Kier molecular flexibility index (Phi) is 2.67. The first kappa shape index (κ1) is 11.4. The van der Waals surface area contributed by atoms with Crippen LogP contribution in [0.25, 0.3) is 10.9 Å². The maximum Gasteiger partial charge on any atom is 0.231 e. The quantitative estimate of drug-likeness (QED) is 0.903. The fourth-order valence-electron chi connectivity index (χ4n) is 2.60. The average Bonchev–Trinajstić information content (AvgIpc) is 2.91. The van der Waals surface area contributed by atoms with E-state index in [-0.39, 0.29) is 6.61 Å². The van der Waals surface area contributed by atoms with Crippen molar-refractivity contribution in [3.63, 3.8) is 0 Å². The summed E-state index contributed by atoms with van der Waals surface area (Å²) in [5.41, 5.74) is 3.69. The molecule has 0 atom stereocenters. The number of fused-ring (bicyclic) bond motifs is 2. The first-order valence-corrected chi connectivity index (χ1v) is 6.20. The number of benzene rings is 1. The molecule has 0 bridgehead atoms. The van der Waals surface area contributed by atoms with Gasteiger partial charge in [-0.05, 0) is 31.4 Å². The standard InChI is InChI=1S/C14H17NO3/c1-9-10(4-3-5-16)11-6-13-14(18-8-17-13)7-12(11)15(9)2/h6-7,16H,3-5,8H2,1-2H3. The van der Waals surface area contributed by atoms with Crippen molar-refractivity contribution in [2.45, 2.75) is 19.8 Å². The van der Waals surface area contributed by atoms with Crippen molar-refractivity contribution in [3.05, 3.63) is 23.4 Å². The number of ether oxygens (including phenoxy) is 2. The van der Waals surface area contributed by atoms with E-state index in [4.69, 9.17) is 14.6 Å². The molecule has 0 saturated carbocycles. The molecule has 1 aromatic heterocycles. The van der Waals surface area contributed by atoms with Gasteiger partial charge in [0.25, 0.3) is 0 Å². The molecule has 3 rings (SSSR count). The molecule has 0 spiro atoms. The predicted octanol–water partition coefficient (Wildman–Crippen LogP) is 2.14. The second kappa shape index (κ2) is 4.21. The molecule has 96 valence electrons. The first-order chi connectivity index (χ1) is 8.72. The Bertz CT molecular complexity index is 601. The van der Waals surface area contributed by atoms with E-state index in [0.717, 1.165) is 29.9 Å².